The summed E-state index contributed by atoms with van der Waals surface area (Å²) in [4.78, 5) is 2.60. The number of hydrogen-bond donors (Lipinski definition) is 1. The van der Waals surface area contributed by atoms with Crippen molar-refractivity contribution in [2.75, 3.05) is 32.8 Å². The second-order valence-corrected chi connectivity index (χ2v) is 7.80. The molecule has 1 N–H and O–H groups in total. The van der Waals surface area contributed by atoms with Crippen LogP contribution in [-0.4, -0.2) is 49.8 Å². The van der Waals surface area contributed by atoms with Gasteiger partial charge in [0.05, 0.1) is 6.61 Å². The predicted octanol–water partition coefficient (Wildman–Crippen LogP) is 3.15. The summed E-state index contributed by atoms with van der Waals surface area (Å²) in [6.45, 7) is 18.9. The largest absolute Gasteiger partial charge is 0.380 e. The van der Waals surface area contributed by atoms with E-state index < -0.39 is 0 Å². The maximum Gasteiger partial charge on any atom is 0.0593 e. The maximum absolute atomic E-state index is 5.80. The lowest BCUT2D eigenvalue weighted by molar-refractivity contribution is 0.0765. The van der Waals surface area contributed by atoms with Crippen LogP contribution in [0.5, 0.6) is 0 Å². The Morgan fingerprint density at radius 3 is 2.55 bits per heavy atom. The van der Waals surface area contributed by atoms with Crippen molar-refractivity contribution >= 4 is 0 Å². The van der Waals surface area contributed by atoms with Crippen LogP contribution in [0.4, 0.5) is 0 Å². The van der Waals surface area contributed by atoms with Crippen molar-refractivity contribution in [3.63, 3.8) is 0 Å². The Morgan fingerprint density at radius 1 is 1.25 bits per heavy atom. The van der Waals surface area contributed by atoms with Gasteiger partial charge in [0.15, 0.2) is 0 Å². The van der Waals surface area contributed by atoms with E-state index in [1.165, 1.54) is 12.8 Å². The molecule has 0 spiro atoms. The molecule has 1 saturated heterocycles. The third-order valence-electron chi connectivity index (χ3n) is 4.40. The lowest BCUT2D eigenvalue weighted by atomic mass is 9.86. The molecule has 2 atom stereocenters. The molecule has 1 fully saturated rings. The van der Waals surface area contributed by atoms with Gasteiger partial charge in [-0.2, -0.15) is 0 Å². The zero-order valence-electron chi connectivity index (χ0n) is 14.5. The van der Waals surface area contributed by atoms with Crippen LogP contribution in [0, 0.1) is 11.3 Å². The predicted molar refractivity (Wildman–Crippen MR) is 87.2 cm³/mol. The molecule has 20 heavy (non-hydrogen) atoms. The maximum atomic E-state index is 5.80. The van der Waals surface area contributed by atoms with Gasteiger partial charge < -0.3 is 10.1 Å². The number of rotatable bonds is 6. The van der Waals surface area contributed by atoms with Gasteiger partial charge in [-0.25, -0.2) is 0 Å². The Morgan fingerprint density at radius 2 is 1.95 bits per heavy atom. The second-order valence-electron chi connectivity index (χ2n) is 7.80. The highest BCUT2D eigenvalue weighted by atomic mass is 16.5. The van der Waals surface area contributed by atoms with Gasteiger partial charge >= 0.3 is 0 Å². The summed E-state index contributed by atoms with van der Waals surface area (Å²) in [5, 5.41) is 3.72. The molecule has 0 aliphatic carbocycles. The topological polar surface area (TPSA) is 24.5 Å². The average Bonchev–Trinajstić information content (AvgIpc) is 2.50. The molecule has 0 aromatic heterocycles. The van der Waals surface area contributed by atoms with Gasteiger partial charge in [0.25, 0.3) is 0 Å². The molecule has 3 heteroatoms. The van der Waals surface area contributed by atoms with Crippen LogP contribution < -0.4 is 5.32 Å². The van der Waals surface area contributed by atoms with Crippen molar-refractivity contribution < 1.29 is 4.74 Å². The standard InChI is InChI=1S/C17H36N2O/c1-14(2)8-11-20-12-10-19-13-16(17(4,5)6)18-9-7-15(19)3/h14-16,18H,7-13H2,1-6H3. The lowest BCUT2D eigenvalue weighted by Crippen LogP contribution is -2.48. The minimum Gasteiger partial charge on any atom is -0.380 e. The summed E-state index contributed by atoms with van der Waals surface area (Å²) in [7, 11) is 0. The van der Waals surface area contributed by atoms with Crippen LogP contribution >= 0.6 is 0 Å². The molecular weight excluding hydrogens is 248 g/mol. The molecule has 0 saturated carbocycles. The molecule has 1 aliphatic heterocycles. The van der Waals surface area contributed by atoms with E-state index in [9.17, 15) is 0 Å². The number of hydrogen-bond acceptors (Lipinski definition) is 3. The summed E-state index contributed by atoms with van der Waals surface area (Å²) < 4.78 is 5.80. The number of nitrogens with one attached hydrogen (secondary N) is 1. The SMILES string of the molecule is CC(C)CCOCCN1CC(C(C)(C)C)NCCC1C. The fraction of sp³-hybridized carbons (Fsp3) is 1.00. The van der Waals surface area contributed by atoms with Crippen LogP contribution in [0.15, 0.2) is 0 Å². The van der Waals surface area contributed by atoms with Crippen molar-refractivity contribution in [1.29, 1.82) is 0 Å². The molecule has 1 rings (SSSR count). The summed E-state index contributed by atoms with van der Waals surface area (Å²) in [5.41, 5.74) is 0.320. The molecule has 0 amide bonds. The van der Waals surface area contributed by atoms with Crippen molar-refractivity contribution in [3.8, 4) is 0 Å². The van der Waals surface area contributed by atoms with E-state index in [2.05, 4.69) is 51.8 Å². The molecule has 0 bridgehead atoms. The van der Waals surface area contributed by atoms with Crippen molar-refractivity contribution in [3.05, 3.63) is 0 Å². The fourth-order valence-corrected chi connectivity index (χ4v) is 2.62. The third kappa shape index (κ3) is 6.55. The van der Waals surface area contributed by atoms with E-state index in [1.54, 1.807) is 0 Å². The van der Waals surface area contributed by atoms with Crippen LogP contribution in [0.1, 0.15) is 54.4 Å². The molecule has 3 nitrogen and oxygen atoms in total. The Hall–Kier alpha value is -0.120. The van der Waals surface area contributed by atoms with Crippen molar-refractivity contribution in [2.45, 2.75) is 66.5 Å². The first kappa shape index (κ1) is 17.9. The first-order chi connectivity index (χ1) is 9.30. The zero-order chi connectivity index (χ0) is 15.2. The Kier molecular flexibility index (Phi) is 7.49. The first-order valence-corrected chi connectivity index (χ1v) is 8.36. The summed E-state index contributed by atoms with van der Waals surface area (Å²) >= 11 is 0. The fourth-order valence-electron chi connectivity index (χ4n) is 2.62. The quantitative estimate of drug-likeness (QED) is 0.758. The normalized spacial score (nSPS) is 25.9. The number of ether oxygens (including phenoxy) is 1. The monoisotopic (exact) mass is 284 g/mol. The molecule has 0 aromatic rings. The average molecular weight is 284 g/mol. The molecule has 2 unspecified atom stereocenters. The van der Waals surface area contributed by atoms with Crippen LogP contribution in [-0.2, 0) is 4.74 Å². The molecular formula is C17H36N2O. The van der Waals surface area contributed by atoms with E-state index in [4.69, 9.17) is 4.74 Å². The van der Waals surface area contributed by atoms with Gasteiger partial charge in [-0.3, -0.25) is 4.90 Å². The minimum atomic E-state index is 0.320. The van der Waals surface area contributed by atoms with E-state index in [0.717, 1.165) is 38.8 Å². The molecule has 0 aromatic carbocycles. The van der Waals surface area contributed by atoms with Gasteiger partial charge in [0.2, 0.25) is 0 Å². The van der Waals surface area contributed by atoms with Crippen molar-refractivity contribution in [2.24, 2.45) is 11.3 Å². The first-order valence-electron chi connectivity index (χ1n) is 8.36. The molecule has 0 radical (unpaired) electrons. The molecule has 1 aliphatic rings. The molecule has 1 heterocycles. The van der Waals surface area contributed by atoms with E-state index in [-0.39, 0.29) is 0 Å². The highest BCUT2D eigenvalue weighted by molar-refractivity contribution is 4.88. The second kappa shape index (κ2) is 8.35. The summed E-state index contributed by atoms with van der Waals surface area (Å²) in [6.07, 6.45) is 2.40. The smallest absolute Gasteiger partial charge is 0.0593 e. The van der Waals surface area contributed by atoms with E-state index in [1.807, 2.05) is 0 Å². The molecule has 120 valence electrons. The van der Waals surface area contributed by atoms with Gasteiger partial charge in [0.1, 0.15) is 0 Å². The highest BCUT2D eigenvalue weighted by Crippen LogP contribution is 2.23. The van der Waals surface area contributed by atoms with Gasteiger partial charge in [0, 0.05) is 31.8 Å². The Labute approximate surface area is 126 Å². The minimum absolute atomic E-state index is 0.320. The zero-order valence-corrected chi connectivity index (χ0v) is 14.5. The van der Waals surface area contributed by atoms with E-state index >= 15 is 0 Å². The lowest BCUT2D eigenvalue weighted by Gasteiger charge is -2.35. The third-order valence-corrected chi connectivity index (χ3v) is 4.40. The van der Waals surface area contributed by atoms with Crippen molar-refractivity contribution in [1.82, 2.24) is 10.2 Å². The van der Waals surface area contributed by atoms with Gasteiger partial charge in [-0.05, 0) is 37.6 Å². The number of nitrogens with zero attached hydrogens (tertiary/aromatic N) is 1. The Bertz CT molecular complexity index is 260. The summed E-state index contributed by atoms with van der Waals surface area (Å²) in [5.74, 6) is 0.738. The van der Waals surface area contributed by atoms with Crippen LogP contribution in [0.3, 0.4) is 0 Å². The Balaban J connectivity index is 2.36. The van der Waals surface area contributed by atoms with Crippen LogP contribution in [0.25, 0.3) is 0 Å². The summed E-state index contributed by atoms with van der Waals surface area (Å²) in [6, 6.07) is 1.23. The van der Waals surface area contributed by atoms with Gasteiger partial charge in [-0.1, -0.05) is 34.6 Å². The highest BCUT2D eigenvalue weighted by Gasteiger charge is 2.30. The van der Waals surface area contributed by atoms with Gasteiger partial charge in [-0.15, -0.1) is 0 Å². The van der Waals surface area contributed by atoms with Crippen LogP contribution in [0.2, 0.25) is 0 Å². The van der Waals surface area contributed by atoms with E-state index in [0.29, 0.717) is 17.5 Å².